The summed E-state index contributed by atoms with van der Waals surface area (Å²) < 4.78 is 2.04. The number of hydrogen-bond donors (Lipinski definition) is 2. The molecule has 2 aromatic heterocycles. The van der Waals surface area contributed by atoms with Crippen molar-refractivity contribution in [3.63, 3.8) is 0 Å². The topological polar surface area (TPSA) is 53.7 Å². The average Bonchev–Trinajstić information content (AvgIpc) is 2.96. The molecule has 0 aliphatic heterocycles. The van der Waals surface area contributed by atoms with Crippen LogP contribution in [-0.2, 0) is 6.54 Å². The van der Waals surface area contributed by atoms with Crippen molar-refractivity contribution in [3.05, 3.63) is 23.5 Å². The van der Waals surface area contributed by atoms with E-state index in [0.29, 0.717) is 6.54 Å². The van der Waals surface area contributed by atoms with Gasteiger partial charge in [-0.3, -0.25) is 9.39 Å². The van der Waals surface area contributed by atoms with Crippen molar-refractivity contribution in [2.24, 2.45) is 10.9 Å². The molecule has 0 radical (unpaired) electrons. The summed E-state index contributed by atoms with van der Waals surface area (Å²) in [6, 6.07) is 0. The number of hydrogen-bond acceptors (Lipinski definition) is 3. The molecular weight excluding hydrogens is 246 g/mol. The van der Waals surface area contributed by atoms with Crippen LogP contribution in [-0.4, -0.2) is 28.9 Å². The Hall–Kier alpha value is -1.56. The fourth-order valence-corrected chi connectivity index (χ4v) is 2.54. The first-order chi connectivity index (χ1) is 8.85. The van der Waals surface area contributed by atoms with Crippen molar-refractivity contribution in [2.45, 2.75) is 19.4 Å². The number of imidazole rings is 1. The van der Waals surface area contributed by atoms with Crippen LogP contribution in [0.3, 0.4) is 0 Å². The van der Waals surface area contributed by atoms with Crippen LogP contribution < -0.4 is 10.6 Å². The Morgan fingerprint density at radius 1 is 1.56 bits per heavy atom. The highest BCUT2D eigenvalue weighted by atomic mass is 32.1. The number of fused-ring (bicyclic) bond motifs is 1. The molecule has 0 atom stereocenters. The van der Waals surface area contributed by atoms with Crippen molar-refractivity contribution in [1.29, 1.82) is 0 Å². The van der Waals surface area contributed by atoms with E-state index in [1.165, 1.54) is 12.8 Å². The van der Waals surface area contributed by atoms with Gasteiger partial charge in [0.2, 0.25) is 0 Å². The van der Waals surface area contributed by atoms with Crippen molar-refractivity contribution in [1.82, 2.24) is 20.0 Å². The molecule has 0 amide bonds. The summed E-state index contributed by atoms with van der Waals surface area (Å²) in [5, 5.41) is 8.66. The molecule has 0 saturated heterocycles. The summed E-state index contributed by atoms with van der Waals surface area (Å²) in [5.41, 5.74) is 1.04. The van der Waals surface area contributed by atoms with E-state index in [1.54, 1.807) is 18.4 Å². The van der Waals surface area contributed by atoms with Gasteiger partial charge in [-0.1, -0.05) is 0 Å². The van der Waals surface area contributed by atoms with Gasteiger partial charge in [0.25, 0.3) is 0 Å². The molecule has 5 nitrogen and oxygen atoms in total. The van der Waals surface area contributed by atoms with E-state index in [1.807, 2.05) is 22.2 Å². The number of aromatic nitrogens is 2. The highest BCUT2D eigenvalue weighted by Gasteiger charge is 2.21. The van der Waals surface area contributed by atoms with Gasteiger partial charge in [0, 0.05) is 31.4 Å². The van der Waals surface area contributed by atoms with Crippen LogP contribution in [0.1, 0.15) is 18.5 Å². The lowest BCUT2D eigenvalue weighted by atomic mass is 10.4. The molecule has 2 heterocycles. The van der Waals surface area contributed by atoms with Crippen LogP contribution in [0.4, 0.5) is 0 Å². The van der Waals surface area contributed by atoms with Crippen LogP contribution in [0.25, 0.3) is 4.96 Å². The Balaban J connectivity index is 1.53. The fourth-order valence-electron chi connectivity index (χ4n) is 1.82. The molecule has 1 aliphatic rings. The number of aliphatic imine (C=N–C) groups is 1. The van der Waals surface area contributed by atoms with Crippen molar-refractivity contribution >= 4 is 22.3 Å². The second kappa shape index (κ2) is 4.97. The maximum absolute atomic E-state index is 4.52. The predicted octanol–water partition coefficient (Wildman–Crippen LogP) is 1.47. The van der Waals surface area contributed by atoms with Crippen LogP contribution in [0.15, 0.2) is 22.8 Å². The van der Waals surface area contributed by atoms with Gasteiger partial charge in [-0.2, -0.15) is 0 Å². The van der Waals surface area contributed by atoms with E-state index < -0.39 is 0 Å². The zero-order valence-electron chi connectivity index (χ0n) is 10.4. The lowest BCUT2D eigenvalue weighted by Crippen LogP contribution is -2.37. The summed E-state index contributed by atoms with van der Waals surface area (Å²) in [7, 11) is 1.80. The molecule has 0 aromatic carbocycles. The van der Waals surface area contributed by atoms with Gasteiger partial charge < -0.3 is 10.6 Å². The molecule has 1 fully saturated rings. The smallest absolute Gasteiger partial charge is 0.193 e. The quantitative estimate of drug-likeness (QED) is 0.649. The van der Waals surface area contributed by atoms with Gasteiger partial charge in [-0.15, -0.1) is 11.3 Å². The van der Waals surface area contributed by atoms with E-state index in [4.69, 9.17) is 0 Å². The lowest BCUT2D eigenvalue weighted by molar-refractivity contribution is 0.734. The minimum Gasteiger partial charge on any atom is -0.356 e. The van der Waals surface area contributed by atoms with E-state index in [-0.39, 0.29) is 0 Å². The van der Waals surface area contributed by atoms with Crippen molar-refractivity contribution < 1.29 is 0 Å². The Morgan fingerprint density at radius 2 is 2.44 bits per heavy atom. The zero-order valence-corrected chi connectivity index (χ0v) is 11.2. The normalized spacial score (nSPS) is 16.2. The largest absolute Gasteiger partial charge is 0.356 e. The highest BCUT2D eigenvalue weighted by Crippen LogP contribution is 2.27. The fraction of sp³-hybridized carbons (Fsp3) is 0.500. The van der Waals surface area contributed by atoms with Crippen molar-refractivity contribution in [2.75, 3.05) is 13.6 Å². The first-order valence-electron chi connectivity index (χ1n) is 6.21. The van der Waals surface area contributed by atoms with Crippen LogP contribution in [0.2, 0.25) is 0 Å². The maximum Gasteiger partial charge on any atom is 0.193 e. The minimum absolute atomic E-state index is 0.707. The number of guanidine groups is 1. The van der Waals surface area contributed by atoms with E-state index >= 15 is 0 Å². The Labute approximate surface area is 110 Å². The molecule has 2 N–H and O–H groups in total. The van der Waals surface area contributed by atoms with Gasteiger partial charge in [0.1, 0.15) is 0 Å². The van der Waals surface area contributed by atoms with Gasteiger partial charge in [0.05, 0.1) is 12.2 Å². The lowest BCUT2D eigenvalue weighted by Gasteiger charge is -2.09. The van der Waals surface area contributed by atoms with Gasteiger partial charge >= 0.3 is 0 Å². The van der Waals surface area contributed by atoms with E-state index in [0.717, 1.165) is 29.1 Å². The van der Waals surface area contributed by atoms with Gasteiger partial charge in [0.15, 0.2) is 10.9 Å². The number of thiazole rings is 1. The van der Waals surface area contributed by atoms with Gasteiger partial charge in [-0.25, -0.2) is 4.98 Å². The third-order valence-electron chi connectivity index (χ3n) is 3.06. The summed E-state index contributed by atoms with van der Waals surface area (Å²) >= 11 is 1.65. The van der Waals surface area contributed by atoms with Crippen LogP contribution in [0.5, 0.6) is 0 Å². The molecule has 0 bridgehead atoms. The molecule has 3 rings (SSSR count). The SMILES string of the molecule is CN=C(NCc1cn2ccsc2n1)NCC1CC1. The number of nitrogens with zero attached hydrogens (tertiary/aromatic N) is 3. The summed E-state index contributed by atoms with van der Waals surface area (Å²) in [6.45, 7) is 1.73. The molecule has 96 valence electrons. The second-order valence-corrected chi connectivity index (χ2v) is 5.45. The molecule has 0 spiro atoms. The Morgan fingerprint density at radius 3 is 3.17 bits per heavy atom. The van der Waals surface area contributed by atoms with E-state index in [9.17, 15) is 0 Å². The first kappa shape index (κ1) is 11.5. The standard InChI is InChI=1S/C12H17N5S/c1-13-11(14-6-9-2-3-9)15-7-10-8-17-4-5-18-12(17)16-10/h4-5,8-9H,2-3,6-7H2,1H3,(H2,13,14,15). The summed E-state index contributed by atoms with van der Waals surface area (Å²) in [5.74, 6) is 1.71. The summed E-state index contributed by atoms with van der Waals surface area (Å²) in [6.07, 6.45) is 6.77. The minimum atomic E-state index is 0.707. The third-order valence-corrected chi connectivity index (χ3v) is 3.83. The molecule has 1 saturated carbocycles. The predicted molar refractivity (Wildman–Crippen MR) is 74.0 cm³/mol. The molecule has 18 heavy (non-hydrogen) atoms. The monoisotopic (exact) mass is 263 g/mol. The Bertz CT molecular complexity index is 523. The molecule has 1 aliphatic carbocycles. The average molecular weight is 263 g/mol. The van der Waals surface area contributed by atoms with Crippen LogP contribution >= 0.6 is 11.3 Å². The molecule has 2 aromatic rings. The zero-order chi connectivity index (χ0) is 12.4. The highest BCUT2D eigenvalue weighted by molar-refractivity contribution is 7.15. The molecule has 6 heteroatoms. The maximum atomic E-state index is 4.52. The van der Waals surface area contributed by atoms with Crippen LogP contribution in [0, 0.1) is 5.92 Å². The first-order valence-corrected chi connectivity index (χ1v) is 7.08. The summed E-state index contributed by atoms with van der Waals surface area (Å²) in [4.78, 5) is 9.76. The van der Waals surface area contributed by atoms with Gasteiger partial charge in [-0.05, 0) is 18.8 Å². The Kier molecular flexibility index (Phi) is 3.19. The molecule has 0 unspecified atom stereocenters. The molecular formula is C12H17N5S. The number of rotatable bonds is 4. The third kappa shape index (κ3) is 2.64. The second-order valence-electron chi connectivity index (χ2n) is 4.58. The van der Waals surface area contributed by atoms with E-state index in [2.05, 4.69) is 20.6 Å². The van der Waals surface area contributed by atoms with Crippen molar-refractivity contribution in [3.8, 4) is 0 Å². The number of nitrogens with one attached hydrogen (secondary N) is 2.